The molecule has 0 atom stereocenters. The van der Waals surface area contributed by atoms with Gasteiger partial charge in [-0.15, -0.1) is 0 Å². The molecule has 0 spiro atoms. The van der Waals surface area contributed by atoms with E-state index in [4.69, 9.17) is 14.2 Å². The summed E-state index contributed by atoms with van der Waals surface area (Å²) in [6, 6.07) is 12.1. The van der Waals surface area contributed by atoms with Crippen LogP contribution in [0.2, 0.25) is 0 Å². The van der Waals surface area contributed by atoms with Crippen LogP contribution in [0.4, 0.5) is 0 Å². The Balaban J connectivity index is 1.60. The molecule has 1 amide bonds. The van der Waals surface area contributed by atoms with Gasteiger partial charge in [-0.25, -0.2) is 0 Å². The topological polar surface area (TPSA) is 60.0 Å². The van der Waals surface area contributed by atoms with Gasteiger partial charge in [0.2, 0.25) is 0 Å². The Kier molecular flexibility index (Phi) is 8.32. The highest BCUT2D eigenvalue weighted by Gasteiger charge is 2.23. The first-order valence-electron chi connectivity index (χ1n) is 10.9. The third-order valence-corrected chi connectivity index (χ3v) is 5.54. The van der Waals surface area contributed by atoms with Crippen molar-refractivity contribution in [2.45, 2.75) is 39.3 Å². The number of nitrogens with zero attached hydrogens (tertiary/aromatic N) is 1. The van der Waals surface area contributed by atoms with Gasteiger partial charge in [-0.3, -0.25) is 9.69 Å². The van der Waals surface area contributed by atoms with Gasteiger partial charge in [0, 0.05) is 39.4 Å². The molecule has 1 heterocycles. The molecule has 1 N–H and O–H groups in total. The highest BCUT2D eigenvalue weighted by atomic mass is 16.5. The summed E-state index contributed by atoms with van der Waals surface area (Å²) >= 11 is 0. The van der Waals surface area contributed by atoms with E-state index in [0.29, 0.717) is 30.2 Å². The van der Waals surface area contributed by atoms with Crippen LogP contribution in [-0.4, -0.2) is 57.4 Å². The van der Waals surface area contributed by atoms with Crippen molar-refractivity contribution < 1.29 is 19.0 Å². The predicted octanol–water partition coefficient (Wildman–Crippen LogP) is 3.73. The Labute approximate surface area is 185 Å². The van der Waals surface area contributed by atoms with Crippen molar-refractivity contribution in [2.75, 3.05) is 40.5 Å². The molecule has 0 bridgehead atoms. The van der Waals surface area contributed by atoms with Crippen molar-refractivity contribution in [3.05, 3.63) is 58.7 Å². The van der Waals surface area contributed by atoms with E-state index in [0.717, 1.165) is 32.5 Å². The van der Waals surface area contributed by atoms with E-state index < -0.39 is 0 Å². The first-order chi connectivity index (χ1) is 15.0. The number of nitrogens with one attached hydrogen (secondary N) is 1. The van der Waals surface area contributed by atoms with E-state index in [1.54, 1.807) is 32.4 Å². The van der Waals surface area contributed by atoms with E-state index >= 15 is 0 Å². The molecule has 0 radical (unpaired) electrons. The minimum Gasteiger partial charge on any atom is -0.497 e. The highest BCUT2D eigenvalue weighted by Crippen LogP contribution is 2.28. The Hall–Kier alpha value is -2.57. The summed E-state index contributed by atoms with van der Waals surface area (Å²) < 4.78 is 16.6. The standard InChI is InChI=1S/C25H34N2O4/c1-18-13-19(2)15-20(14-18)17-27-10-7-21(8-11-27)31-24-16-22(30-4)5-6-23(24)25(28)26-9-12-29-3/h5-6,13-16,21H,7-12,17H2,1-4H3,(H,26,28). The largest absolute Gasteiger partial charge is 0.497 e. The molecule has 6 heteroatoms. The van der Waals surface area contributed by atoms with Crippen molar-refractivity contribution in [3.63, 3.8) is 0 Å². The fourth-order valence-electron chi connectivity index (χ4n) is 4.06. The smallest absolute Gasteiger partial charge is 0.255 e. The quantitative estimate of drug-likeness (QED) is 0.619. The number of hydrogen-bond donors (Lipinski definition) is 1. The van der Waals surface area contributed by atoms with E-state index in [1.165, 1.54) is 16.7 Å². The lowest BCUT2D eigenvalue weighted by Gasteiger charge is -2.32. The second-order valence-corrected chi connectivity index (χ2v) is 8.20. The summed E-state index contributed by atoms with van der Waals surface area (Å²) in [4.78, 5) is 15.1. The number of carbonyl (C=O) groups is 1. The van der Waals surface area contributed by atoms with Crippen LogP contribution in [-0.2, 0) is 11.3 Å². The molecule has 2 aromatic rings. The Morgan fingerprint density at radius 2 is 1.77 bits per heavy atom. The van der Waals surface area contributed by atoms with Crippen LogP contribution in [0.3, 0.4) is 0 Å². The summed E-state index contributed by atoms with van der Waals surface area (Å²) in [5.74, 6) is 1.08. The molecule has 0 saturated carbocycles. The van der Waals surface area contributed by atoms with Gasteiger partial charge in [0.05, 0.1) is 19.3 Å². The fourth-order valence-corrected chi connectivity index (χ4v) is 4.06. The molecule has 0 aromatic heterocycles. The number of likely N-dealkylation sites (tertiary alicyclic amines) is 1. The molecule has 0 unspecified atom stereocenters. The van der Waals surface area contributed by atoms with Crippen molar-refractivity contribution in [1.29, 1.82) is 0 Å². The van der Waals surface area contributed by atoms with Crippen LogP contribution >= 0.6 is 0 Å². The van der Waals surface area contributed by atoms with Crippen LogP contribution in [0.1, 0.15) is 39.9 Å². The average molecular weight is 427 g/mol. The molecule has 3 rings (SSSR count). The maximum Gasteiger partial charge on any atom is 0.255 e. The zero-order valence-electron chi connectivity index (χ0n) is 19.1. The van der Waals surface area contributed by atoms with Gasteiger partial charge in [-0.1, -0.05) is 29.3 Å². The molecule has 6 nitrogen and oxygen atoms in total. The minimum atomic E-state index is -0.165. The second kappa shape index (κ2) is 11.2. The predicted molar refractivity (Wildman–Crippen MR) is 122 cm³/mol. The number of piperidine rings is 1. The Morgan fingerprint density at radius 1 is 1.06 bits per heavy atom. The number of ether oxygens (including phenoxy) is 3. The van der Waals surface area contributed by atoms with Gasteiger partial charge in [0.25, 0.3) is 5.91 Å². The maximum absolute atomic E-state index is 12.6. The number of carbonyl (C=O) groups excluding carboxylic acids is 1. The normalized spacial score (nSPS) is 15.0. The van der Waals surface area contributed by atoms with Crippen molar-refractivity contribution in [3.8, 4) is 11.5 Å². The molecule has 0 aliphatic carbocycles. The Bertz CT molecular complexity index is 856. The van der Waals surface area contributed by atoms with Crippen LogP contribution < -0.4 is 14.8 Å². The Morgan fingerprint density at radius 3 is 2.42 bits per heavy atom. The average Bonchev–Trinajstić information content (AvgIpc) is 2.74. The molecule has 1 aliphatic heterocycles. The van der Waals surface area contributed by atoms with E-state index in [1.807, 2.05) is 0 Å². The number of aryl methyl sites for hydroxylation is 2. The third-order valence-electron chi connectivity index (χ3n) is 5.54. The van der Waals surface area contributed by atoms with Crippen LogP contribution in [0.25, 0.3) is 0 Å². The number of benzene rings is 2. The molecule has 1 fully saturated rings. The summed E-state index contributed by atoms with van der Waals surface area (Å²) in [6.45, 7) is 8.12. The SMILES string of the molecule is COCCNC(=O)c1ccc(OC)cc1OC1CCN(Cc2cc(C)cc(C)c2)CC1. The lowest BCUT2D eigenvalue weighted by molar-refractivity contribution is 0.0881. The lowest BCUT2D eigenvalue weighted by atomic mass is 10.0. The first kappa shape index (κ1) is 23.1. The summed E-state index contributed by atoms with van der Waals surface area (Å²) in [5, 5.41) is 2.87. The van der Waals surface area contributed by atoms with Crippen molar-refractivity contribution in [1.82, 2.24) is 10.2 Å². The van der Waals surface area contributed by atoms with Gasteiger partial charge >= 0.3 is 0 Å². The van der Waals surface area contributed by atoms with Crippen LogP contribution in [0.15, 0.2) is 36.4 Å². The molecule has 31 heavy (non-hydrogen) atoms. The van der Waals surface area contributed by atoms with Gasteiger partial charge in [-0.2, -0.15) is 0 Å². The number of hydrogen-bond acceptors (Lipinski definition) is 5. The number of methoxy groups -OCH3 is 2. The summed E-state index contributed by atoms with van der Waals surface area (Å²) in [6.07, 6.45) is 1.92. The van der Waals surface area contributed by atoms with Gasteiger partial charge < -0.3 is 19.5 Å². The molecule has 1 aliphatic rings. The van der Waals surface area contributed by atoms with Gasteiger partial charge in [-0.05, 0) is 44.4 Å². The monoisotopic (exact) mass is 426 g/mol. The lowest BCUT2D eigenvalue weighted by Crippen LogP contribution is -2.38. The fraction of sp³-hybridized carbons (Fsp3) is 0.480. The van der Waals surface area contributed by atoms with Crippen molar-refractivity contribution in [2.24, 2.45) is 0 Å². The number of rotatable bonds is 9. The summed E-state index contributed by atoms with van der Waals surface area (Å²) in [7, 11) is 3.23. The highest BCUT2D eigenvalue weighted by molar-refractivity contribution is 5.97. The van der Waals surface area contributed by atoms with E-state index in [2.05, 4.69) is 42.3 Å². The molecule has 168 valence electrons. The molecule has 2 aromatic carbocycles. The zero-order chi connectivity index (χ0) is 22.2. The van der Waals surface area contributed by atoms with Crippen LogP contribution in [0, 0.1) is 13.8 Å². The number of amides is 1. The second-order valence-electron chi connectivity index (χ2n) is 8.20. The van der Waals surface area contributed by atoms with E-state index in [-0.39, 0.29) is 12.0 Å². The zero-order valence-corrected chi connectivity index (χ0v) is 19.1. The molecular formula is C25H34N2O4. The van der Waals surface area contributed by atoms with Gasteiger partial charge in [0.15, 0.2) is 0 Å². The third kappa shape index (κ3) is 6.71. The van der Waals surface area contributed by atoms with Gasteiger partial charge in [0.1, 0.15) is 17.6 Å². The van der Waals surface area contributed by atoms with E-state index in [9.17, 15) is 4.79 Å². The minimum absolute atomic E-state index is 0.0770. The van der Waals surface area contributed by atoms with Crippen LogP contribution in [0.5, 0.6) is 11.5 Å². The maximum atomic E-state index is 12.6. The first-order valence-corrected chi connectivity index (χ1v) is 10.9. The molecular weight excluding hydrogens is 392 g/mol. The summed E-state index contributed by atoms with van der Waals surface area (Å²) in [5.41, 5.74) is 4.50. The van der Waals surface area contributed by atoms with Crippen molar-refractivity contribution >= 4 is 5.91 Å². The molecule has 1 saturated heterocycles.